The van der Waals surface area contributed by atoms with Gasteiger partial charge in [-0.1, -0.05) is 12.1 Å². The summed E-state index contributed by atoms with van der Waals surface area (Å²) in [4.78, 5) is 16.1. The van der Waals surface area contributed by atoms with Crippen molar-refractivity contribution in [1.29, 1.82) is 0 Å². The average molecular weight is 358 g/mol. The third kappa shape index (κ3) is 6.00. The normalized spacial score (nSPS) is 11.5. The molecule has 1 aromatic heterocycles. The molecular formula is C16H18ClF2N3O2. The Morgan fingerprint density at radius 1 is 1.33 bits per heavy atom. The van der Waals surface area contributed by atoms with Gasteiger partial charge in [0, 0.05) is 5.69 Å². The van der Waals surface area contributed by atoms with Gasteiger partial charge in [-0.05, 0) is 36.8 Å². The SMILES string of the molecule is CC(NC(=O)Cc1ccc(N)cn1)c1cccc(OC(F)F)c1.Cl. The minimum Gasteiger partial charge on any atom is -0.435 e. The number of nitrogens with two attached hydrogens (primary N) is 1. The van der Waals surface area contributed by atoms with Crippen LogP contribution in [0.25, 0.3) is 0 Å². The van der Waals surface area contributed by atoms with Crippen molar-refractivity contribution in [2.24, 2.45) is 0 Å². The number of hydrogen-bond donors (Lipinski definition) is 2. The number of carbonyl (C=O) groups excluding carboxylic acids is 1. The monoisotopic (exact) mass is 357 g/mol. The van der Waals surface area contributed by atoms with Gasteiger partial charge < -0.3 is 15.8 Å². The highest BCUT2D eigenvalue weighted by Gasteiger charge is 2.12. The summed E-state index contributed by atoms with van der Waals surface area (Å²) >= 11 is 0. The van der Waals surface area contributed by atoms with Gasteiger partial charge in [-0.2, -0.15) is 8.78 Å². The predicted molar refractivity (Wildman–Crippen MR) is 89.2 cm³/mol. The van der Waals surface area contributed by atoms with E-state index in [1.807, 2.05) is 0 Å². The first-order chi connectivity index (χ1) is 10.9. The molecule has 0 bridgehead atoms. The van der Waals surface area contributed by atoms with Crippen molar-refractivity contribution in [2.45, 2.75) is 26.0 Å². The van der Waals surface area contributed by atoms with Crippen molar-refractivity contribution in [3.8, 4) is 5.75 Å². The maximum atomic E-state index is 12.2. The van der Waals surface area contributed by atoms with E-state index in [0.29, 0.717) is 16.9 Å². The van der Waals surface area contributed by atoms with Crippen LogP contribution in [0.5, 0.6) is 5.75 Å². The fourth-order valence-corrected chi connectivity index (χ4v) is 2.04. The number of alkyl halides is 2. The van der Waals surface area contributed by atoms with E-state index in [0.717, 1.165) is 0 Å². The molecule has 2 rings (SSSR count). The van der Waals surface area contributed by atoms with Crippen molar-refractivity contribution in [2.75, 3.05) is 5.73 Å². The summed E-state index contributed by atoms with van der Waals surface area (Å²) in [5.41, 5.74) is 7.33. The molecule has 1 aromatic carbocycles. The lowest BCUT2D eigenvalue weighted by atomic mass is 10.1. The number of ether oxygens (including phenoxy) is 1. The number of aromatic nitrogens is 1. The molecule has 1 atom stereocenters. The Bertz CT molecular complexity index is 669. The number of anilines is 1. The van der Waals surface area contributed by atoms with E-state index < -0.39 is 6.61 Å². The second-order valence-electron chi connectivity index (χ2n) is 5.00. The van der Waals surface area contributed by atoms with E-state index in [1.54, 1.807) is 31.2 Å². The Labute approximate surface area is 144 Å². The van der Waals surface area contributed by atoms with Crippen molar-refractivity contribution in [3.63, 3.8) is 0 Å². The van der Waals surface area contributed by atoms with Crippen molar-refractivity contribution in [3.05, 3.63) is 53.9 Å². The first-order valence-electron chi connectivity index (χ1n) is 6.98. The number of benzene rings is 1. The van der Waals surface area contributed by atoms with Crippen LogP contribution in [0.2, 0.25) is 0 Å². The smallest absolute Gasteiger partial charge is 0.387 e. The molecule has 0 aliphatic heterocycles. The topological polar surface area (TPSA) is 77.2 Å². The second-order valence-corrected chi connectivity index (χ2v) is 5.00. The molecule has 1 heterocycles. The van der Waals surface area contributed by atoms with Gasteiger partial charge in [0.2, 0.25) is 5.91 Å². The van der Waals surface area contributed by atoms with Gasteiger partial charge in [-0.15, -0.1) is 12.4 Å². The van der Waals surface area contributed by atoms with Crippen molar-refractivity contribution >= 4 is 24.0 Å². The van der Waals surface area contributed by atoms with E-state index in [4.69, 9.17) is 5.73 Å². The van der Waals surface area contributed by atoms with Gasteiger partial charge in [0.25, 0.3) is 0 Å². The summed E-state index contributed by atoms with van der Waals surface area (Å²) in [5.74, 6) is -0.172. The number of nitrogens with one attached hydrogen (secondary N) is 1. The summed E-state index contributed by atoms with van der Waals surface area (Å²) in [6, 6.07) is 9.22. The molecule has 24 heavy (non-hydrogen) atoms. The van der Waals surface area contributed by atoms with Crippen LogP contribution in [0.15, 0.2) is 42.6 Å². The number of nitrogens with zero attached hydrogens (tertiary/aromatic N) is 1. The zero-order valence-corrected chi connectivity index (χ0v) is 13.7. The number of halogens is 3. The summed E-state index contributed by atoms with van der Waals surface area (Å²) in [7, 11) is 0. The molecule has 1 amide bonds. The summed E-state index contributed by atoms with van der Waals surface area (Å²) in [5, 5.41) is 2.79. The number of hydrogen-bond acceptors (Lipinski definition) is 4. The third-order valence-electron chi connectivity index (χ3n) is 3.15. The number of pyridine rings is 1. The Balaban J connectivity index is 0.00000288. The Kier molecular flexibility index (Phi) is 7.38. The van der Waals surface area contributed by atoms with Crippen LogP contribution in [0, 0.1) is 0 Å². The van der Waals surface area contributed by atoms with Crippen LogP contribution in [0.1, 0.15) is 24.2 Å². The van der Waals surface area contributed by atoms with E-state index >= 15 is 0 Å². The third-order valence-corrected chi connectivity index (χ3v) is 3.15. The first-order valence-corrected chi connectivity index (χ1v) is 6.98. The average Bonchev–Trinajstić information content (AvgIpc) is 2.49. The van der Waals surface area contributed by atoms with Crippen LogP contribution in [0.3, 0.4) is 0 Å². The Morgan fingerprint density at radius 2 is 2.08 bits per heavy atom. The summed E-state index contributed by atoms with van der Waals surface area (Å²) in [6.07, 6.45) is 1.59. The summed E-state index contributed by atoms with van der Waals surface area (Å²) < 4.78 is 28.8. The van der Waals surface area contributed by atoms with E-state index in [2.05, 4.69) is 15.0 Å². The molecule has 2 aromatic rings. The maximum absolute atomic E-state index is 12.2. The molecule has 0 spiro atoms. The van der Waals surface area contributed by atoms with Crippen LogP contribution < -0.4 is 15.8 Å². The Hall–Kier alpha value is -2.41. The van der Waals surface area contributed by atoms with Crippen LogP contribution in [-0.2, 0) is 11.2 Å². The van der Waals surface area contributed by atoms with Crippen LogP contribution in [0.4, 0.5) is 14.5 Å². The van der Waals surface area contributed by atoms with Crippen molar-refractivity contribution < 1.29 is 18.3 Å². The van der Waals surface area contributed by atoms with Gasteiger partial charge in [0.15, 0.2) is 0 Å². The lowest BCUT2D eigenvalue weighted by Crippen LogP contribution is -2.28. The number of amides is 1. The fraction of sp³-hybridized carbons (Fsp3) is 0.250. The minimum atomic E-state index is -2.88. The van der Waals surface area contributed by atoms with Gasteiger partial charge in [0.1, 0.15) is 5.75 Å². The van der Waals surface area contributed by atoms with Crippen LogP contribution >= 0.6 is 12.4 Å². The van der Waals surface area contributed by atoms with Crippen LogP contribution in [-0.4, -0.2) is 17.5 Å². The molecule has 3 N–H and O–H groups in total. The van der Waals surface area contributed by atoms with Gasteiger partial charge in [-0.25, -0.2) is 0 Å². The highest BCUT2D eigenvalue weighted by Crippen LogP contribution is 2.20. The molecule has 0 radical (unpaired) electrons. The maximum Gasteiger partial charge on any atom is 0.387 e. The largest absolute Gasteiger partial charge is 0.435 e. The summed E-state index contributed by atoms with van der Waals surface area (Å²) in [6.45, 7) is -1.12. The molecule has 8 heteroatoms. The highest BCUT2D eigenvalue weighted by atomic mass is 35.5. The molecule has 5 nitrogen and oxygen atoms in total. The molecule has 130 valence electrons. The molecular weight excluding hydrogens is 340 g/mol. The predicted octanol–water partition coefficient (Wildman–Crippen LogP) is 3.11. The molecule has 0 aliphatic carbocycles. The van der Waals surface area contributed by atoms with E-state index in [9.17, 15) is 13.6 Å². The molecule has 0 saturated heterocycles. The fourth-order valence-electron chi connectivity index (χ4n) is 2.04. The Morgan fingerprint density at radius 3 is 2.71 bits per heavy atom. The first kappa shape index (κ1) is 19.6. The number of carbonyl (C=O) groups is 1. The zero-order chi connectivity index (χ0) is 16.8. The standard InChI is InChI=1S/C16H17F2N3O2.ClH/c1-10(11-3-2-4-14(7-11)23-16(17)18)21-15(22)8-13-6-5-12(19)9-20-13;/h2-7,9-10,16H,8,19H2,1H3,(H,21,22);1H. The van der Waals surface area contributed by atoms with Crippen molar-refractivity contribution in [1.82, 2.24) is 10.3 Å². The molecule has 0 saturated carbocycles. The number of nitrogen functional groups attached to an aromatic ring is 1. The van der Waals surface area contributed by atoms with Gasteiger partial charge in [-0.3, -0.25) is 9.78 Å². The van der Waals surface area contributed by atoms with Gasteiger partial charge >= 0.3 is 6.61 Å². The lowest BCUT2D eigenvalue weighted by Gasteiger charge is -2.15. The van der Waals surface area contributed by atoms with E-state index in [-0.39, 0.29) is 36.5 Å². The lowest BCUT2D eigenvalue weighted by molar-refractivity contribution is -0.121. The molecule has 0 aliphatic rings. The molecule has 0 fully saturated rings. The highest BCUT2D eigenvalue weighted by molar-refractivity contribution is 5.85. The zero-order valence-electron chi connectivity index (χ0n) is 12.9. The van der Waals surface area contributed by atoms with E-state index in [1.165, 1.54) is 18.3 Å². The van der Waals surface area contributed by atoms with Gasteiger partial charge in [0.05, 0.1) is 24.3 Å². The second kappa shape index (κ2) is 9.02. The minimum absolute atomic E-state index is 0. The number of rotatable bonds is 6. The quantitative estimate of drug-likeness (QED) is 0.832. The molecule has 1 unspecified atom stereocenters.